The van der Waals surface area contributed by atoms with Crippen LogP contribution in [0.15, 0.2) is 24.3 Å². The second-order valence-electron chi connectivity index (χ2n) is 3.28. The molecule has 2 unspecified atom stereocenters. The monoisotopic (exact) mass is 208 g/mol. The summed E-state index contributed by atoms with van der Waals surface area (Å²) in [5.41, 5.74) is 0.935. The Morgan fingerprint density at radius 1 is 1.40 bits per heavy atom. The van der Waals surface area contributed by atoms with Crippen LogP contribution in [0.4, 0.5) is 0 Å². The third-order valence-corrected chi connectivity index (χ3v) is 2.35. The molecule has 0 N–H and O–H groups in total. The molecule has 1 heterocycles. The fraction of sp³-hybridized carbons (Fsp3) is 0.364. The molecule has 0 radical (unpaired) electrons. The minimum absolute atomic E-state index is 0.187. The quantitative estimate of drug-likeness (QED) is 0.555. The van der Waals surface area contributed by atoms with Gasteiger partial charge in [0.25, 0.3) is 0 Å². The highest BCUT2D eigenvalue weighted by Gasteiger charge is 2.47. The summed E-state index contributed by atoms with van der Waals surface area (Å²) in [7, 11) is 2.96. The highest BCUT2D eigenvalue weighted by atomic mass is 16.6. The predicted molar refractivity (Wildman–Crippen MR) is 52.6 cm³/mol. The molecule has 1 aliphatic rings. The Labute approximate surface area is 87.8 Å². The Morgan fingerprint density at radius 3 is 2.87 bits per heavy atom. The van der Waals surface area contributed by atoms with Crippen LogP contribution in [-0.2, 0) is 14.3 Å². The number of hydrogen-bond acceptors (Lipinski definition) is 4. The fourth-order valence-corrected chi connectivity index (χ4v) is 1.48. The molecule has 2 rings (SSSR count). The zero-order chi connectivity index (χ0) is 10.8. The summed E-state index contributed by atoms with van der Waals surface area (Å²) in [6, 6.07) is 7.47. The molecular weight excluding hydrogens is 196 g/mol. The number of epoxide rings is 1. The van der Waals surface area contributed by atoms with E-state index in [9.17, 15) is 4.79 Å². The van der Waals surface area contributed by atoms with Crippen LogP contribution in [0, 0.1) is 0 Å². The molecule has 4 heteroatoms. The van der Waals surface area contributed by atoms with Gasteiger partial charge in [-0.1, -0.05) is 12.1 Å². The van der Waals surface area contributed by atoms with Crippen molar-refractivity contribution < 1.29 is 19.0 Å². The van der Waals surface area contributed by atoms with E-state index in [-0.39, 0.29) is 12.1 Å². The van der Waals surface area contributed by atoms with Crippen molar-refractivity contribution in [3.8, 4) is 5.75 Å². The minimum atomic E-state index is -0.456. The molecule has 0 aromatic heterocycles. The van der Waals surface area contributed by atoms with Crippen LogP contribution in [0.2, 0.25) is 0 Å². The van der Waals surface area contributed by atoms with Gasteiger partial charge in [-0.3, -0.25) is 0 Å². The number of rotatable bonds is 3. The molecule has 0 amide bonds. The first-order valence-electron chi connectivity index (χ1n) is 4.63. The summed E-state index contributed by atoms with van der Waals surface area (Å²) in [6.07, 6.45) is -0.644. The van der Waals surface area contributed by atoms with Crippen LogP contribution in [0.1, 0.15) is 11.7 Å². The third kappa shape index (κ3) is 1.94. The van der Waals surface area contributed by atoms with Gasteiger partial charge in [-0.25, -0.2) is 4.79 Å². The van der Waals surface area contributed by atoms with Crippen LogP contribution in [0.25, 0.3) is 0 Å². The van der Waals surface area contributed by atoms with Gasteiger partial charge in [-0.15, -0.1) is 0 Å². The molecule has 1 fully saturated rings. The summed E-state index contributed by atoms with van der Waals surface area (Å²) in [5.74, 6) is 0.425. The second kappa shape index (κ2) is 3.90. The third-order valence-electron chi connectivity index (χ3n) is 2.35. The molecule has 0 spiro atoms. The van der Waals surface area contributed by atoms with Crippen LogP contribution in [-0.4, -0.2) is 26.3 Å². The lowest BCUT2D eigenvalue weighted by Crippen LogP contribution is -2.09. The number of esters is 1. The number of methoxy groups -OCH3 is 2. The Morgan fingerprint density at radius 2 is 2.20 bits per heavy atom. The van der Waals surface area contributed by atoms with Gasteiger partial charge in [0.1, 0.15) is 11.9 Å². The SMILES string of the molecule is COC(=O)C1OC1c1cccc(OC)c1. The molecule has 80 valence electrons. The van der Waals surface area contributed by atoms with Crippen molar-refractivity contribution in [3.63, 3.8) is 0 Å². The van der Waals surface area contributed by atoms with Crippen molar-refractivity contribution >= 4 is 5.97 Å². The number of benzene rings is 1. The van der Waals surface area contributed by atoms with Gasteiger partial charge in [0.2, 0.25) is 0 Å². The Bertz CT molecular complexity index is 375. The van der Waals surface area contributed by atoms with Gasteiger partial charge >= 0.3 is 5.97 Å². The van der Waals surface area contributed by atoms with Crippen LogP contribution < -0.4 is 4.74 Å². The van der Waals surface area contributed by atoms with E-state index in [1.54, 1.807) is 7.11 Å². The average molecular weight is 208 g/mol. The van der Waals surface area contributed by atoms with Crippen molar-refractivity contribution in [2.75, 3.05) is 14.2 Å². The maximum absolute atomic E-state index is 11.1. The lowest BCUT2D eigenvalue weighted by molar-refractivity contribution is -0.142. The summed E-state index contributed by atoms with van der Waals surface area (Å²) in [6.45, 7) is 0. The van der Waals surface area contributed by atoms with Crippen molar-refractivity contribution in [2.24, 2.45) is 0 Å². The lowest BCUT2D eigenvalue weighted by atomic mass is 10.1. The highest BCUT2D eigenvalue weighted by molar-refractivity contribution is 5.78. The van der Waals surface area contributed by atoms with Crippen molar-refractivity contribution in [2.45, 2.75) is 12.2 Å². The maximum Gasteiger partial charge on any atom is 0.338 e. The predicted octanol–water partition coefficient (Wildman–Crippen LogP) is 1.31. The molecule has 1 aromatic rings. The molecule has 15 heavy (non-hydrogen) atoms. The zero-order valence-electron chi connectivity index (χ0n) is 8.60. The highest BCUT2D eigenvalue weighted by Crippen LogP contribution is 2.40. The van der Waals surface area contributed by atoms with E-state index in [4.69, 9.17) is 9.47 Å². The number of ether oxygens (including phenoxy) is 3. The molecule has 4 nitrogen and oxygen atoms in total. The van der Waals surface area contributed by atoms with Crippen molar-refractivity contribution in [1.82, 2.24) is 0 Å². The van der Waals surface area contributed by atoms with E-state index in [1.807, 2.05) is 24.3 Å². The topological polar surface area (TPSA) is 48.1 Å². The normalized spacial score (nSPS) is 23.3. The summed E-state index contributed by atoms with van der Waals surface area (Å²) < 4.78 is 14.9. The van der Waals surface area contributed by atoms with Gasteiger partial charge < -0.3 is 14.2 Å². The molecule has 1 aliphatic heterocycles. The Hall–Kier alpha value is -1.55. The molecule has 0 bridgehead atoms. The largest absolute Gasteiger partial charge is 0.497 e. The maximum atomic E-state index is 11.1. The molecular formula is C11H12O4. The standard InChI is InChI=1S/C11H12O4/c1-13-8-5-3-4-7(6-8)9-10(15-9)11(12)14-2/h3-6,9-10H,1-2H3. The fourth-order valence-electron chi connectivity index (χ4n) is 1.48. The van der Waals surface area contributed by atoms with Crippen molar-refractivity contribution in [1.29, 1.82) is 0 Å². The first kappa shape index (κ1) is 9.98. The van der Waals surface area contributed by atoms with Gasteiger partial charge in [0.15, 0.2) is 6.10 Å². The molecule has 0 saturated carbocycles. The summed E-state index contributed by atoms with van der Waals surface area (Å²) in [4.78, 5) is 11.1. The van der Waals surface area contributed by atoms with Gasteiger partial charge in [0.05, 0.1) is 14.2 Å². The van der Waals surface area contributed by atoms with E-state index >= 15 is 0 Å². The van der Waals surface area contributed by atoms with E-state index < -0.39 is 6.10 Å². The second-order valence-corrected chi connectivity index (χ2v) is 3.28. The van der Waals surface area contributed by atoms with E-state index in [2.05, 4.69) is 4.74 Å². The average Bonchev–Trinajstić information content (AvgIpc) is 3.08. The first-order chi connectivity index (χ1) is 7.26. The molecule has 0 aliphatic carbocycles. The summed E-state index contributed by atoms with van der Waals surface area (Å²) in [5, 5.41) is 0. The lowest BCUT2D eigenvalue weighted by Gasteiger charge is -2.01. The smallest absolute Gasteiger partial charge is 0.338 e. The van der Waals surface area contributed by atoms with Crippen LogP contribution >= 0.6 is 0 Å². The Kier molecular flexibility index (Phi) is 2.60. The number of carbonyl (C=O) groups is 1. The Balaban J connectivity index is 2.09. The van der Waals surface area contributed by atoms with Crippen LogP contribution in [0.5, 0.6) is 5.75 Å². The van der Waals surface area contributed by atoms with Gasteiger partial charge in [0, 0.05) is 0 Å². The molecule has 1 aromatic carbocycles. The van der Waals surface area contributed by atoms with Crippen molar-refractivity contribution in [3.05, 3.63) is 29.8 Å². The van der Waals surface area contributed by atoms with E-state index in [1.165, 1.54) is 7.11 Å². The number of carbonyl (C=O) groups excluding carboxylic acids is 1. The van der Waals surface area contributed by atoms with Crippen LogP contribution in [0.3, 0.4) is 0 Å². The van der Waals surface area contributed by atoms with E-state index in [0.717, 1.165) is 11.3 Å². The minimum Gasteiger partial charge on any atom is -0.497 e. The number of hydrogen-bond donors (Lipinski definition) is 0. The summed E-state index contributed by atoms with van der Waals surface area (Å²) >= 11 is 0. The van der Waals surface area contributed by atoms with Gasteiger partial charge in [-0.2, -0.15) is 0 Å². The molecule has 2 atom stereocenters. The van der Waals surface area contributed by atoms with Gasteiger partial charge in [-0.05, 0) is 17.7 Å². The van der Waals surface area contributed by atoms with E-state index in [0.29, 0.717) is 0 Å². The zero-order valence-corrected chi connectivity index (χ0v) is 8.60. The molecule has 1 saturated heterocycles. The first-order valence-corrected chi connectivity index (χ1v) is 4.63.